The molecule has 1 aromatic rings. The van der Waals surface area contributed by atoms with Gasteiger partial charge in [-0.1, -0.05) is 0 Å². The molecule has 3 rings (SSSR count). The number of ether oxygens (including phenoxy) is 1. The predicted octanol–water partition coefficient (Wildman–Crippen LogP) is 0.736. The molecule has 21 heavy (non-hydrogen) atoms. The number of piperazine rings is 1. The lowest BCUT2D eigenvalue weighted by atomic mass is 10.1. The highest BCUT2D eigenvalue weighted by atomic mass is 16.5. The zero-order valence-corrected chi connectivity index (χ0v) is 12.1. The van der Waals surface area contributed by atoms with Gasteiger partial charge >= 0.3 is 0 Å². The van der Waals surface area contributed by atoms with Crippen molar-refractivity contribution in [3.8, 4) is 11.8 Å². The molecule has 2 aliphatic rings. The van der Waals surface area contributed by atoms with Gasteiger partial charge in [-0.25, -0.2) is 0 Å². The molecule has 0 bridgehead atoms. The average molecular weight is 287 g/mol. The maximum atomic E-state index is 10.5. The molecule has 2 N–H and O–H groups in total. The van der Waals surface area contributed by atoms with Crippen LogP contribution in [0.3, 0.4) is 0 Å². The number of β-amino-alcohol motifs (C(OH)–C–C–N with tert-alkyl or cyclic N) is 1. The summed E-state index contributed by atoms with van der Waals surface area (Å²) in [5.74, 6) is 0.728. The summed E-state index contributed by atoms with van der Waals surface area (Å²) in [5, 5.41) is 22.6. The van der Waals surface area contributed by atoms with Gasteiger partial charge in [0.25, 0.3) is 0 Å². The highest BCUT2D eigenvalue weighted by Gasteiger charge is 2.52. The minimum Gasteiger partial charge on any atom is -0.485 e. The Balaban J connectivity index is 1.59. The first-order valence-corrected chi connectivity index (χ1v) is 7.52. The van der Waals surface area contributed by atoms with Gasteiger partial charge in [-0.2, -0.15) is 5.26 Å². The van der Waals surface area contributed by atoms with Crippen molar-refractivity contribution >= 4 is 0 Å². The van der Waals surface area contributed by atoms with Crippen molar-refractivity contribution in [2.75, 3.05) is 32.7 Å². The molecule has 1 aliphatic carbocycles. The van der Waals surface area contributed by atoms with Crippen LogP contribution in [0.15, 0.2) is 24.3 Å². The van der Waals surface area contributed by atoms with E-state index in [2.05, 4.69) is 16.3 Å². The molecule has 5 nitrogen and oxygen atoms in total. The van der Waals surface area contributed by atoms with Crippen molar-refractivity contribution in [1.82, 2.24) is 10.2 Å². The summed E-state index contributed by atoms with van der Waals surface area (Å²) >= 11 is 0. The van der Waals surface area contributed by atoms with E-state index >= 15 is 0 Å². The number of hydrogen-bond acceptors (Lipinski definition) is 5. The van der Waals surface area contributed by atoms with Gasteiger partial charge in [0.2, 0.25) is 0 Å². The number of aliphatic hydroxyl groups is 1. The second-order valence-corrected chi connectivity index (χ2v) is 5.87. The predicted molar refractivity (Wildman–Crippen MR) is 79.1 cm³/mol. The molecule has 5 heteroatoms. The fourth-order valence-corrected chi connectivity index (χ4v) is 2.76. The lowest BCUT2D eigenvalue weighted by molar-refractivity contribution is -0.00646. The van der Waals surface area contributed by atoms with Gasteiger partial charge in [-0.15, -0.1) is 0 Å². The van der Waals surface area contributed by atoms with Crippen molar-refractivity contribution in [2.24, 2.45) is 0 Å². The van der Waals surface area contributed by atoms with Crippen LogP contribution in [-0.4, -0.2) is 54.4 Å². The summed E-state index contributed by atoms with van der Waals surface area (Å²) in [6.45, 7) is 4.58. The number of hydrogen-bond donors (Lipinski definition) is 2. The van der Waals surface area contributed by atoms with Crippen LogP contribution in [0.2, 0.25) is 0 Å². The van der Waals surface area contributed by atoms with Crippen LogP contribution in [0.4, 0.5) is 0 Å². The Morgan fingerprint density at radius 3 is 2.52 bits per heavy atom. The smallest absolute Gasteiger partial charge is 0.136 e. The second-order valence-electron chi connectivity index (χ2n) is 5.87. The summed E-state index contributed by atoms with van der Waals surface area (Å²) in [5.41, 5.74) is 0.188. The largest absolute Gasteiger partial charge is 0.485 e. The Morgan fingerprint density at radius 1 is 1.29 bits per heavy atom. The van der Waals surface area contributed by atoms with Crippen LogP contribution in [0.5, 0.6) is 5.75 Å². The second kappa shape index (κ2) is 6.02. The van der Waals surface area contributed by atoms with E-state index in [1.807, 2.05) is 0 Å². The molecule has 1 saturated heterocycles. The zero-order valence-electron chi connectivity index (χ0n) is 12.1. The third-order valence-electron chi connectivity index (χ3n) is 4.30. The minimum absolute atomic E-state index is 0.432. The van der Waals surface area contributed by atoms with Crippen molar-refractivity contribution in [3.63, 3.8) is 0 Å². The lowest BCUT2D eigenvalue weighted by Gasteiger charge is -2.32. The standard InChI is InChI=1S/C16H21N3O2/c17-11-13-1-3-14(4-2-13)21-16(5-6-16)15(20)12-19-9-7-18-8-10-19/h1-4,15,18,20H,5-10,12H2. The number of benzene rings is 1. The lowest BCUT2D eigenvalue weighted by Crippen LogP contribution is -2.50. The molecule has 1 atom stereocenters. The Bertz CT molecular complexity index is 513. The summed E-state index contributed by atoms with van der Waals surface area (Å²) in [6, 6.07) is 9.18. The van der Waals surface area contributed by atoms with E-state index in [1.165, 1.54) is 0 Å². The van der Waals surface area contributed by atoms with E-state index in [4.69, 9.17) is 10.00 Å². The number of nitrogens with zero attached hydrogens (tertiary/aromatic N) is 2. The highest BCUT2D eigenvalue weighted by Crippen LogP contribution is 2.43. The van der Waals surface area contributed by atoms with Gasteiger partial charge in [0.15, 0.2) is 0 Å². The topological polar surface area (TPSA) is 68.5 Å². The van der Waals surface area contributed by atoms with Gasteiger partial charge in [-0.3, -0.25) is 4.90 Å². The molecule has 0 amide bonds. The van der Waals surface area contributed by atoms with Crippen LogP contribution >= 0.6 is 0 Å². The molecule has 0 spiro atoms. The molecule has 1 unspecified atom stereocenters. The molecule has 0 aromatic heterocycles. The molecule has 2 fully saturated rings. The molecular weight excluding hydrogens is 266 g/mol. The van der Waals surface area contributed by atoms with E-state index in [-0.39, 0.29) is 0 Å². The number of nitriles is 1. The first kappa shape index (κ1) is 14.3. The van der Waals surface area contributed by atoms with Crippen molar-refractivity contribution in [1.29, 1.82) is 5.26 Å². The van der Waals surface area contributed by atoms with Gasteiger partial charge in [-0.05, 0) is 37.1 Å². The van der Waals surface area contributed by atoms with Crippen LogP contribution in [-0.2, 0) is 0 Å². The summed E-state index contributed by atoms with van der Waals surface area (Å²) in [7, 11) is 0. The molecule has 0 radical (unpaired) electrons. The third-order valence-corrected chi connectivity index (χ3v) is 4.30. The van der Waals surface area contributed by atoms with E-state index in [0.29, 0.717) is 12.1 Å². The van der Waals surface area contributed by atoms with E-state index in [9.17, 15) is 5.11 Å². The van der Waals surface area contributed by atoms with Crippen molar-refractivity contribution in [2.45, 2.75) is 24.5 Å². The number of aliphatic hydroxyl groups excluding tert-OH is 1. The number of rotatable bonds is 5. The maximum absolute atomic E-state index is 10.5. The van der Waals surface area contributed by atoms with Crippen LogP contribution in [0.25, 0.3) is 0 Å². The fraction of sp³-hybridized carbons (Fsp3) is 0.562. The molecular formula is C16H21N3O2. The first-order valence-electron chi connectivity index (χ1n) is 7.52. The Labute approximate surface area is 125 Å². The summed E-state index contributed by atoms with van der Waals surface area (Å²) < 4.78 is 6.01. The SMILES string of the molecule is N#Cc1ccc(OC2(C(O)CN3CCNCC3)CC2)cc1. The minimum atomic E-state index is -0.466. The quantitative estimate of drug-likeness (QED) is 0.836. The molecule has 1 heterocycles. The van der Waals surface area contributed by atoms with E-state index in [0.717, 1.165) is 44.8 Å². The van der Waals surface area contributed by atoms with Gasteiger partial charge in [0.1, 0.15) is 17.5 Å². The Morgan fingerprint density at radius 2 is 1.95 bits per heavy atom. The first-order chi connectivity index (χ1) is 10.2. The number of nitrogens with one attached hydrogen (secondary N) is 1. The fourth-order valence-electron chi connectivity index (χ4n) is 2.76. The third kappa shape index (κ3) is 3.35. The molecule has 1 aliphatic heterocycles. The maximum Gasteiger partial charge on any atom is 0.136 e. The Hall–Kier alpha value is -1.61. The highest BCUT2D eigenvalue weighted by molar-refractivity contribution is 5.35. The monoisotopic (exact) mass is 287 g/mol. The summed E-state index contributed by atoms with van der Waals surface area (Å²) in [4.78, 5) is 2.28. The molecule has 1 saturated carbocycles. The van der Waals surface area contributed by atoms with Crippen LogP contribution < -0.4 is 10.1 Å². The van der Waals surface area contributed by atoms with Crippen molar-refractivity contribution in [3.05, 3.63) is 29.8 Å². The van der Waals surface area contributed by atoms with E-state index in [1.54, 1.807) is 24.3 Å². The van der Waals surface area contributed by atoms with Gasteiger partial charge in [0, 0.05) is 32.7 Å². The zero-order chi connectivity index (χ0) is 14.7. The Kier molecular flexibility index (Phi) is 4.11. The van der Waals surface area contributed by atoms with Gasteiger partial charge < -0.3 is 15.2 Å². The molecule has 1 aromatic carbocycles. The van der Waals surface area contributed by atoms with Crippen molar-refractivity contribution < 1.29 is 9.84 Å². The van der Waals surface area contributed by atoms with Gasteiger partial charge in [0.05, 0.1) is 11.6 Å². The average Bonchev–Trinajstić information content (AvgIpc) is 3.30. The van der Waals surface area contributed by atoms with Crippen LogP contribution in [0, 0.1) is 11.3 Å². The normalized spacial score (nSPS) is 22.3. The van der Waals surface area contributed by atoms with E-state index < -0.39 is 11.7 Å². The van der Waals surface area contributed by atoms with Crippen LogP contribution in [0.1, 0.15) is 18.4 Å². The molecule has 112 valence electrons. The summed E-state index contributed by atoms with van der Waals surface area (Å²) in [6.07, 6.45) is 1.31.